The monoisotopic (exact) mass is 484 g/mol. The molecule has 0 amide bonds. The topological polar surface area (TPSA) is 44.8 Å². The summed E-state index contributed by atoms with van der Waals surface area (Å²) in [4.78, 5) is 11.9. The van der Waals surface area contributed by atoms with E-state index in [9.17, 15) is 18.0 Å². The maximum atomic E-state index is 14.4. The van der Waals surface area contributed by atoms with Gasteiger partial charge in [0.15, 0.2) is 13.9 Å². The van der Waals surface area contributed by atoms with E-state index in [1.54, 1.807) is 51.7 Å². The lowest BCUT2D eigenvalue weighted by atomic mass is 9.73. The Labute approximate surface area is 174 Å². The number of alkyl halides is 3. The SMILES string of the molecule is COC(=O)C[C@@](CC(C)(C)c1cc(Br)ccc1OC)(O[Si](C)(C)C)C(F)(F)F. The molecule has 0 bridgehead atoms. The lowest BCUT2D eigenvalue weighted by Gasteiger charge is -2.44. The molecule has 1 rings (SSSR count). The Balaban J connectivity index is 3.57. The minimum atomic E-state index is -4.77. The molecule has 0 unspecified atom stereocenters. The Bertz CT molecular complexity index is 701. The third-order valence-electron chi connectivity index (χ3n) is 4.29. The van der Waals surface area contributed by atoms with Gasteiger partial charge in [-0.15, -0.1) is 0 Å². The fourth-order valence-electron chi connectivity index (χ4n) is 3.30. The van der Waals surface area contributed by atoms with Gasteiger partial charge in [0.05, 0.1) is 20.6 Å². The number of carbonyl (C=O) groups excluding carboxylic acids is 1. The van der Waals surface area contributed by atoms with E-state index in [0.717, 1.165) is 7.11 Å². The number of carbonyl (C=O) groups is 1. The number of methoxy groups -OCH3 is 2. The van der Waals surface area contributed by atoms with Crippen LogP contribution in [0, 0.1) is 0 Å². The predicted octanol–water partition coefficient (Wildman–Crippen LogP) is 5.84. The van der Waals surface area contributed by atoms with Crippen molar-refractivity contribution in [3.8, 4) is 5.75 Å². The largest absolute Gasteiger partial charge is 0.496 e. The van der Waals surface area contributed by atoms with Crippen molar-refractivity contribution in [2.75, 3.05) is 14.2 Å². The zero-order chi connectivity index (χ0) is 22.0. The molecule has 1 aromatic rings. The van der Waals surface area contributed by atoms with Crippen LogP contribution in [0.15, 0.2) is 22.7 Å². The number of benzene rings is 1. The van der Waals surface area contributed by atoms with Crippen LogP contribution in [0.5, 0.6) is 5.75 Å². The van der Waals surface area contributed by atoms with Gasteiger partial charge in [-0.3, -0.25) is 4.79 Å². The van der Waals surface area contributed by atoms with Gasteiger partial charge in [0, 0.05) is 10.0 Å². The van der Waals surface area contributed by atoms with E-state index in [0.29, 0.717) is 15.8 Å². The lowest BCUT2D eigenvalue weighted by molar-refractivity contribution is -0.261. The molecule has 0 saturated heterocycles. The van der Waals surface area contributed by atoms with E-state index in [2.05, 4.69) is 20.7 Å². The van der Waals surface area contributed by atoms with Gasteiger partial charge >= 0.3 is 12.1 Å². The van der Waals surface area contributed by atoms with Crippen LogP contribution in [-0.4, -0.2) is 40.3 Å². The van der Waals surface area contributed by atoms with Crippen molar-refractivity contribution in [1.82, 2.24) is 0 Å². The number of esters is 1. The van der Waals surface area contributed by atoms with Crippen molar-refractivity contribution in [2.24, 2.45) is 0 Å². The molecular formula is C19H28BrF3O4Si. The maximum absolute atomic E-state index is 14.4. The fraction of sp³-hybridized carbons (Fsp3) is 0.632. The first-order valence-corrected chi connectivity index (χ1v) is 12.9. The summed E-state index contributed by atoms with van der Waals surface area (Å²) in [6, 6.07) is 5.17. The van der Waals surface area contributed by atoms with E-state index in [1.165, 1.54) is 7.11 Å². The lowest BCUT2D eigenvalue weighted by Crippen LogP contribution is -2.57. The molecule has 0 aliphatic rings. The van der Waals surface area contributed by atoms with E-state index >= 15 is 0 Å². The Kier molecular flexibility index (Phi) is 7.80. The van der Waals surface area contributed by atoms with Crippen molar-refractivity contribution in [2.45, 2.75) is 63.5 Å². The van der Waals surface area contributed by atoms with Crippen LogP contribution in [0.1, 0.15) is 32.3 Å². The first-order valence-electron chi connectivity index (χ1n) is 8.75. The van der Waals surface area contributed by atoms with Crippen molar-refractivity contribution in [3.63, 3.8) is 0 Å². The summed E-state index contributed by atoms with van der Waals surface area (Å²) in [6.07, 6.45) is -6.13. The van der Waals surface area contributed by atoms with E-state index < -0.39 is 44.3 Å². The average Bonchev–Trinajstić information content (AvgIpc) is 2.51. The second-order valence-corrected chi connectivity index (χ2v) is 13.7. The normalized spacial score (nSPS) is 15.1. The Morgan fingerprint density at radius 1 is 1.14 bits per heavy atom. The Morgan fingerprint density at radius 2 is 1.71 bits per heavy atom. The molecule has 28 heavy (non-hydrogen) atoms. The highest BCUT2D eigenvalue weighted by molar-refractivity contribution is 9.10. The molecule has 0 aliphatic carbocycles. The summed E-state index contributed by atoms with van der Waals surface area (Å²) in [5.41, 5.74) is -3.10. The quantitative estimate of drug-likeness (QED) is 0.343. The summed E-state index contributed by atoms with van der Waals surface area (Å²) in [7, 11) is -0.149. The minimum Gasteiger partial charge on any atom is -0.496 e. The van der Waals surface area contributed by atoms with Crippen molar-refractivity contribution in [1.29, 1.82) is 0 Å². The Morgan fingerprint density at radius 3 is 2.14 bits per heavy atom. The molecule has 0 aliphatic heterocycles. The van der Waals surface area contributed by atoms with E-state index in [1.807, 2.05) is 0 Å². The van der Waals surface area contributed by atoms with Crippen molar-refractivity contribution < 1.29 is 31.9 Å². The van der Waals surface area contributed by atoms with Crippen LogP contribution in [0.2, 0.25) is 19.6 Å². The van der Waals surface area contributed by atoms with Crippen LogP contribution in [0.25, 0.3) is 0 Å². The molecule has 0 spiro atoms. The van der Waals surface area contributed by atoms with Crippen LogP contribution in [0.4, 0.5) is 13.2 Å². The highest BCUT2D eigenvalue weighted by Gasteiger charge is 2.60. The van der Waals surface area contributed by atoms with E-state index in [-0.39, 0.29) is 0 Å². The average molecular weight is 485 g/mol. The van der Waals surface area contributed by atoms with Gasteiger partial charge in [-0.2, -0.15) is 13.2 Å². The maximum Gasteiger partial charge on any atom is 0.416 e. The predicted molar refractivity (Wildman–Crippen MR) is 108 cm³/mol. The fourth-order valence-corrected chi connectivity index (χ4v) is 5.10. The first kappa shape index (κ1) is 25.0. The molecule has 0 N–H and O–H groups in total. The molecule has 0 radical (unpaired) electrons. The van der Waals surface area contributed by atoms with Gasteiger partial charge in [0.2, 0.25) is 0 Å². The van der Waals surface area contributed by atoms with Crippen molar-refractivity contribution >= 4 is 30.2 Å². The molecule has 0 saturated carbocycles. The standard InChI is InChI=1S/C19H28BrF3O4Si/c1-17(2,14-10-13(20)8-9-15(14)25-3)12-18(19(21,22)23,11-16(24)26-4)27-28(5,6)7/h8-10H,11-12H2,1-7H3/t18-/m0/s1. The summed E-state index contributed by atoms with van der Waals surface area (Å²) >= 11 is 3.36. The summed E-state index contributed by atoms with van der Waals surface area (Å²) in [6.45, 7) is 8.36. The summed E-state index contributed by atoms with van der Waals surface area (Å²) < 4.78 is 59.4. The first-order chi connectivity index (χ1) is 12.6. The highest BCUT2D eigenvalue weighted by Crippen LogP contribution is 2.48. The van der Waals surface area contributed by atoms with Crippen LogP contribution >= 0.6 is 15.9 Å². The Hall–Kier alpha value is -1.06. The van der Waals surface area contributed by atoms with Crippen LogP contribution < -0.4 is 4.74 Å². The summed E-state index contributed by atoms with van der Waals surface area (Å²) in [5.74, 6) is -0.497. The highest BCUT2D eigenvalue weighted by atomic mass is 79.9. The number of rotatable bonds is 8. The molecule has 1 atom stereocenters. The van der Waals surface area contributed by atoms with Gasteiger partial charge in [0.1, 0.15) is 5.75 Å². The number of hydrogen-bond donors (Lipinski definition) is 0. The molecular weight excluding hydrogens is 457 g/mol. The van der Waals surface area contributed by atoms with Crippen LogP contribution in [-0.2, 0) is 19.4 Å². The second kappa shape index (κ2) is 8.75. The second-order valence-electron chi connectivity index (χ2n) is 8.36. The molecule has 0 fully saturated rings. The van der Waals surface area contributed by atoms with E-state index in [4.69, 9.17) is 9.16 Å². The summed E-state index contributed by atoms with van der Waals surface area (Å²) in [5, 5.41) is 0. The number of ether oxygens (including phenoxy) is 2. The zero-order valence-corrected chi connectivity index (χ0v) is 19.9. The van der Waals surface area contributed by atoms with Gasteiger partial charge in [-0.1, -0.05) is 29.8 Å². The van der Waals surface area contributed by atoms with Gasteiger partial charge in [-0.25, -0.2) is 0 Å². The van der Waals surface area contributed by atoms with Gasteiger partial charge in [0.25, 0.3) is 0 Å². The third-order valence-corrected chi connectivity index (χ3v) is 5.79. The molecule has 1 aromatic carbocycles. The molecule has 0 aromatic heterocycles. The number of halogens is 4. The molecule has 4 nitrogen and oxygen atoms in total. The molecule has 0 heterocycles. The molecule has 160 valence electrons. The zero-order valence-electron chi connectivity index (χ0n) is 17.3. The van der Waals surface area contributed by atoms with Gasteiger partial charge in [-0.05, 0) is 49.7 Å². The third kappa shape index (κ3) is 6.22. The minimum absolute atomic E-state index is 0.463. The van der Waals surface area contributed by atoms with Gasteiger partial charge < -0.3 is 13.9 Å². The number of hydrogen-bond acceptors (Lipinski definition) is 4. The molecule has 9 heteroatoms. The van der Waals surface area contributed by atoms with Crippen LogP contribution in [0.3, 0.4) is 0 Å². The smallest absolute Gasteiger partial charge is 0.416 e. The van der Waals surface area contributed by atoms with Crippen molar-refractivity contribution in [3.05, 3.63) is 28.2 Å².